The minimum Gasteiger partial charge on any atom is -0.496 e. The number of rotatable bonds is 6. The van der Waals surface area contributed by atoms with E-state index in [0.29, 0.717) is 0 Å². The molecule has 1 unspecified atom stereocenters. The van der Waals surface area contributed by atoms with Crippen molar-refractivity contribution in [1.29, 1.82) is 0 Å². The largest absolute Gasteiger partial charge is 0.496 e. The second-order valence-corrected chi connectivity index (χ2v) is 5.58. The lowest BCUT2D eigenvalue weighted by molar-refractivity contribution is 0.224. The first-order chi connectivity index (χ1) is 9.24. The van der Waals surface area contributed by atoms with Gasteiger partial charge >= 0.3 is 0 Å². The fraction of sp³-hybridized carbons (Fsp3) is 0.375. The number of aryl methyl sites for hydroxylation is 1. The van der Waals surface area contributed by atoms with Gasteiger partial charge in [0, 0.05) is 10.3 Å². The first-order valence-electron chi connectivity index (χ1n) is 6.64. The zero-order valence-corrected chi connectivity index (χ0v) is 12.2. The zero-order valence-electron chi connectivity index (χ0n) is 11.4. The van der Waals surface area contributed by atoms with Crippen molar-refractivity contribution in [3.8, 4) is 5.75 Å². The number of hydrogen-bond acceptors (Lipinski definition) is 3. The molecule has 2 rings (SSSR count). The number of ether oxygens (including phenoxy) is 1. The van der Waals surface area contributed by atoms with Gasteiger partial charge in [-0.15, -0.1) is 11.3 Å². The van der Waals surface area contributed by atoms with Crippen molar-refractivity contribution in [3.63, 3.8) is 0 Å². The lowest BCUT2D eigenvalue weighted by Gasteiger charge is -2.09. The minimum absolute atomic E-state index is 0.561. The molecule has 0 aliphatic rings. The first-order valence-corrected chi connectivity index (χ1v) is 7.52. The highest BCUT2D eigenvalue weighted by Crippen LogP contribution is 2.31. The predicted octanol–water partition coefficient (Wildman–Crippen LogP) is 4.18. The molecule has 0 aliphatic heterocycles. The molecular weight excluding hydrogens is 256 g/mol. The van der Waals surface area contributed by atoms with Crippen LogP contribution in [0.4, 0.5) is 0 Å². The molecule has 0 spiro atoms. The van der Waals surface area contributed by atoms with Gasteiger partial charge in [-0.2, -0.15) is 0 Å². The summed E-state index contributed by atoms with van der Waals surface area (Å²) in [4.78, 5) is 0.915. The molecule has 0 fully saturated rings. The van der Waals surface area contributed by atoms with E-state index in [0.717, 1.165) is 22.6 Å². The van der Waals surface area contributed by atoms with Crippen LogP contribution in [0.2, 0.25) is 0 Å². The Labute approximate surface area is 118 Å². The topological polar surface area (TPSA) is 29.5 Å². The summed E-state index contributed by atoms with van der Waals surface area (Å²) in [5, 5.41) is 12.2. The Morgan fingerprint density at radius 3 is 2.58 bits per heavy atom. The molecule has 0 bridgehead atoms. The number of unbranched alkanes of at least 4 members (excludes halogenated alkanes) is 1. The standard InChI is InChI=1S/C16H20O2S/c1-3-4-5-12-6-8-13(9-7-12)16(17)15-10-14(18-2)11-19-15/h6-11,16-17H,3-5H2,1-2H3. The molecule has 19 heavy (non-hydrogen) atoms. The molecule has 1 aromatic carbocycles. The fourth-order valence-corrected chi connectivity index (χ4v) is 2.86. The smallest absolute Gasteiger partial charge is 0.129 e. The summed E-state index contributed by atoms with van der Waals surface area (Å²) in [6, 6.07) is 10.1. The van der Waals surface area contributed by atoms with Crippen molar-refractivity contribution in [2.75, 3.05) is 7.11 Å². The van der Waals surface area contributed by atoms with E-state index in [-0.39, 0.29) is 0 Å². The van der Waals surface area contributed by atoms with E-state index in [2.05, 4.69) is 19.1 Å². The lowest BCUT2D eigenvalue weighted by atomic mass is 10.0. The van der Waals surface area contributed by atoms with Crippen LogP contribution in [0.25, 0.3) is 0 Å². The van der Waals surface area contributed by atoms with Crippen LogP contribution < -0.4 is 4.74 Å². The maximum absolute atomic E-state index is 10.3. The van der Waals surface area contributed by atoms with Crippen molar-refractivity contribution in [2.24, 2.45) is 0 Å². The molecule has 0 radical (unpaired) electrons. The molecule has 3 heteroatoms. The van der Waals surface area contributed by atoms with Crippen molar-refractivity contribution >= 4 is 11.3 Å². The van der Waals surface area contributed by atoms with Gasteiger partial charge in [-0.1, -0.05) is 37.6 Å². The molecule has 1 aromatic heterocycles. The number of aliphatic hydroxyl groups is 1. The summed E-state index contributed by atoms with van der Waals surface area (Å²) in [5.41, 5.74) is 2.27. The van der Waals surface area contributed by atoms with Crippen LogP contribution in [0.3, 0.4) is 0 Å². The van der Waals surface area contributed by atoms with E-state index in [1.54, 1.807) is 7.11 Å². The van der Waals surface area contributed by atoms with Crippen molar-refractivity contribution in [2.45, 2.75) is 32.3 Å². The first kappa shape index (κ1) is 14.1. The average Bonchev–Trinajstić information content (AvgIpc) is 2.94. The molecule has 1 heterocycles. The number of hydrogen-bond donors (Lipinski definition) is 1. The van der Waals surface area contributed by atoms with Crippen molar-refractivity contribution < 1.29 is 9.84 Å². The van der Waals surface area contributed by atoms with E-state index in [1.165, 1.54) is 29.7 Å². The van der Waals surface area contributed by atoms with Crippen LogP contribution in [-0.4, -0.2) is 12.2 Å². The maximum atomic E-state index is 10.3. The normalized spacial score (nSPS) is 12.4. The van der Waals surface area contributed by atoms with Gasteiger partial charge in [0.15, 0.2) is 0 Å². The minimum atomic E-state index is -0.561. The third kappa shape index (κ3) is 3.58. The van der Waals surface area contributed by atoms with Crippen LogP contribution >= 0.6 is 11.3 Å². The molecule has 0 saturated carbocycles. The molecule has 2 nitrogen and oxygen atoms in total. The van der Waals surface area contributed by atoms with E-state index < -0.39 is 6.10 Å². The van der Waals surface area contributed by atoms with Crippen LogP contribution in [0.15, 0.2) is 35.7 Å². The number of methoxy groups -OCH3 is 1. The molecule has 1 atom stereocenters. The highest BCUT2D eigenvalue weighted by Gasteiger charge is 2.13. The summed E-state index contributed by atoms with van der Waals surface area (Å²) in [6.45, 7) is 2.20. The predicted molar refractivity (Wildman–Crippen MR) is 80.0 cm³/mol. The number of aliphatic hydroxyl groups excluding tert-OH is 1. The summed E-state index contributed by atoms with van der Waals surface area (Å²) >= 11 is 1.52. The quantitative estimate of drug-likeness (QED) is 0.857. The fourth-order valence-electron chi connectivity index (χ4n) is 2.00. The Morgan fingerprint density at radius 1 is 1.26 bits per heavy atom. The van der Waals surface area contributed by atoms with Gasteiger partial charge in [-0.05, 0) is 30.0 Å². The Balaban J connectivity index is 2.08. The van der Waals surface area contributed by atoms with Crippen molar-refractivity contribution in [1.82, 2.24) is 0 Å². The highest BCUT2D eigenvalue weighted by atomic mass is 32.1. The third-order valence-electron chi connectivity index (χ3n) is 3.22. The van der Waals surface area contributed by atoms with E-state index in [9.17, 15) is 5.11 Å². The van der Waals surface area contributed by atoms with Gasteiger partial charge in [-0.3, -0.25) is 0 Å². The summed E-state index contributed by atoms with van der Waals surface area (Å²) in [6.07, 6.45) is 2.97. The molecule has 0 amide bonds. The second kappa shape index (κ2) is 6.73. The second-order valence-electron chi connectivity index (χ2n) is 4.64. The number of thiophene rings is 1. The van der Waals surface area contributed by atoms with Gasteiger partial charge in [0.25, 0.3) is 0 Å². The van der Waals surface area contributed by atoms with E-state index in [4.69, 9.17) is 4.74 Å². The molecular formula is C16H20O2S. The SMILES string of the molecule is CCCCc1ccc(C(O)c2cc(OC)cs2)cc1. The third-order valence-corrected chi connectivity index (χ3v) is 4.18. The average molecular weight is 276 g/mol. The van der Waals surface area contributed by atoms with E-state index in [1.807, 2.05) is 23.6 Å². The molecule has 2 aromatic rings. The Bertz CT molecular complexity index is 502. The lowest BCUT2D eigenvalue weighted by Crippen LogP contribution is -1.97. The molecule has 0 saturated heterocycles. The Morgan fingerprint density at radius 2 is 2.00 bits per heavy atom. The van der Waals surface area contributed by atoms with Crippen molar-refractivity contribution in [3.05, 3.63) is 51.7 Å². The molecule has 0 aliphatic carbocycles. The summed E-state index contributed by atoms with van der Waals surface area (Å²) in [5.74, 6) is 0.804. The molecule has 102 valence electrons. The van der Waals surface area contributed by atoms with Gasteiger partial charge in [0.2, 0.25) is 0 Å². The highest BCUT2D eigenvalue weighted by molar-refractivity contribution is 7.10. The van der Waals surface area contributed by atoms with Crippen LogP contribution in [0.5, 0.6) is 5.75 Å². The van der Waals surface area contributed by atoms with E-state index >= 15 is 0 Å². The summed E-state index contributed by atoms with van der Waals surface area (Å²) < 4.78 is 5.14. The molecule has 1 N–H and O–H groups in total. The Kier molecular flexibility index (Phi) is 5.00. The summed E-state index contributed by atoms with van der Waals surface area (Å²) in [7, 11) is 1.64. The Hall–Kier alpha value is -1.32. The van der Waals surface area contributed by atoms with Crippen LogP contribution in [-0.2, 0) is 6.42 Å². The van der Waals surface area contributed by atoms with Gasteiger partial charge < -0.3 is 9.84 Å². The number of benzene rings is 1. The van der Waals surface area contributed by atoms with Gasteiger partial charge in [0.1, 0.15) is 11.9 Å². The van der Waals surface area contributed by atoms with Crippen LogP contribution in [0.1, 0.15) is 41.9 Å². The van der Waals surface area contributed by atoms with Crippen LogP contribution in [0, 0.1) is 0 Å². The van der Waals surface area contributed by atoms with Gasteiger partial charge in [0.05, 0.1) is 7.11 Å². The van der Waals surface area contributed by atoms with Gasteiger partial charge in [-0.25, -0.2) is 0 Å². The zero-order chi connectivity index (χ0) is 13.7. The monoisotopic (exact) mass is 276 g/mol. The maximum Gasteiger partial charge on any atom is 0.129 e.